The number of amides is 2. The summed E-state index contributed by atoms with van der Waals surface area (Å²) in [7, 11) is 2.93. The summed E-state index contributed by atoms with van der Waals surface area (Å²) >= 11 is 0. The number of rotatable bonds is 10. The van der Waals surface area contributed by atoms with Crippen molar-refractivity contribution >= 4 is 17.9 Å². The topological polar surface area (TPSA) is 80.8 Å². The van der Waals surface area contributed by atoms with Gasteiger partial charge in [-0.05, 0) is 49.2 Å². The van der Waals surface area contributed by atoms with E-state index in [9.17, 15) is 9.59 Å². The molecule has 182 valence electrons. The fourth-order valence-corrected chi connectivity index (χ4v) is 3.72. The van der Waals surface area contributed by atoms with Crippen LogP contribution < -0.4 is 10.1 Å². The second-order valence-corrected chi connectivity index (χ2v) is 7.85. The van der Waals surface area contributed by atoms with Crippen LogP contribution in [0.15, 0.2) is 72.9 Å². The van der Waals surface area contributed by atoms with Crippen molar-refractivity contribution in [3.63, 3.8) is 0 Å². The highest BCUT2D eigenvalue weighted by Gasteiger charge is 2.26. The number of ether oxygens (including phenoxy) is 1. The van der Waals surface area contributed by atoms with Crippen molar-refractivity contribution in [3.8, 4) is 17.0 Å². The molecule has 1 N–H and O–H groups in total. The first-order chi connectivity index (χ1) is 17.0. The summed E-state index contributed by atoms with van der Waals surface area (Å²) in [6.07, 6.45) is 5.87. The Labute approximate surface area is 206 Å². The monoisotopic (exact) mass is 473 g/mol. The first-order valence-electron chi connectivity index (χ1n) is 11.5. The zero-order valence-corrected chi connectivity index (χ0v) is 20.5. The number of nitrogens with one attached hydrogen (secondary N) is 1. The highest BCUT2D eigenvalue weighted by molar-refractivity contribution is 6.02. The Balaban J connectivity index is 1.91. The molecule has 0 aliphatic heterocycles. The molecule has 0 saturated carbocycles. The molecule has 0 spiro atoms. The van der Waals surface area contributed by atoms with Crippen molar-refractivity contribution in [1.82, 2.24) is 15.4 Å². The van der Waals surface area contributed by atoms with Gasteiger partial charge in [-0.25, -0.2) is 5.06 Å². The van der Waals surface area contributed by atoms with E-state index in [4.69, 9.17) is 9.57 Å². The summed E-state index contributed by atoms with van der Waals surface area (Å²) in [5, 5.41) is 4.02. The average molecular weight is 474 g/mol. The molecule has 1 aromatic heterocycles. The highest BCUT2D eigenvalue weighted by atomic mass is 16.7. The lowest BCUT2D eigenvalue weighted by atomic mass is 10.0. The summed E-state index contributed by atoms with van der Waals surface area (Å²) in [5.74, 6) is -0.0683. The maximum Gasteiger partial charge on any atom is 0.268 e. The minimum Gasteiger partial charge on any atom is -0.494 e. The van der Waals surface area contributed by atoms with Gasteiger partial charge in [0.15, 0.2) is 0 Å². The lowest BCUT2D eigenvalue weighted by Crippen LogP contribution is -2.48. The van der Waals surface area contributed by atoms with Crippen LogP contribution in [0.4, 0.5) is 0 Å². The SMILES string of the molecule is C/C=C/c1cccc(CC(NC(=O)c2cccnc2-c2cccc(OCC)c2)C(=O)N(C)OC)c1. The third-order valence-corrected chi connectivity index (χ3v) is 5.41. The molecule has 0 saturated heterocycles. The number of nitrogens with zero attached hydrogens (tertiary/aromatic N) is 2. The number of hydrogen-bond acceptors (Lipinski definition) is 5. The quantitative estimate of drug-likeness (QED) is 0.437. The fourth-order valence-electron chi connectivity index (χ4n) is 3.72. The second-order valence-electron chi connectivity index (χ2n) is 7.85. The lowest BCUT2D eigenvalue weighted by molar-refractivity contribution is -0.170. The predicted octanol–water partition coefficient (Wildman–Crippen LogP) is 4.54. The van der Waals surface area contributed by atoms with Crippen molar-refractivity contribution in [2.24, 2.45) is 0 Å². The molecule has 0 fully saturated rings. The molecule has 0 aliphatic rings. The second kappa shape index (κ2) is 12.5. The first kappa shape index (κ1) is 25.6. The minimum absolute atomic E-state index is 0.305. The summed E-state index contributed by atoms with van der Waals surface area (Å²) < 4.78 is 5.60. The lowest BCUT2D eigenvalue weighted by Gasteiger charge is -2.23. The number of pyridine rings is 1. The van der Waals surface area contributed by atoms with Gasteiger partial charge in [0.1, 0.15) is 11.8 Å². The fraction of sp³-hybridized carbons (Fsp3) is 0.250. The zero-order chi connectivity index (χ0) is 25.2. The van der Waals surface area contributed by atoms with Crippen molar-refractivity contribution < 1.29 is 19.2 Å². The largest absolute Gasteiger partial charge is 0.494 e. The summed E-state index contributed by atoms with van der Waals surface area (Å²) in [6, 6.07) is 17.8. The van der Waals surface area contributed by atoms with E-state index in [0.717, 1.165) is 21.8 Å². The van der Waals surface area contributed by atoms with Gasteiger partial charge in [-0.3, -0.25) is 19.4 Å². The summed E-state index contributed by atoms with van der Waals surface area (Å²) in [4.78, 5) is 36.0. The third kappa shape index (κ3) is 6.77. The van der Waals surface area contributed by atoms with Crippen LogP contribution in [0.3, 0.4) is 0 Å². The van der Waals surface area contributed by atoms with Gasteiger partial charge in [0.2, 0.25) is 0 Å². The Hall–Kier alpha value is -3.97. The molecule has 1 atom stereocenters. The molecular formula is C28H31N3O4. The van der Waals surface area contributed by atoms with E-state index in [1.165, 1.54) is 14.2 Å². The van der Waals surface area contributed by atoms with Gasteiger partial charge in [0.25, 0.3) is 11.8 Å². The maximum absolute atomic E-state index is 13.4. The molecule has 7 nitrogen and oxygen atoms in total. The number of benzene rings is 2. The Morgan fingerprint density at radius 2 is 1.91 bits per heavy atom. The number of aromatic nitrogens is 1. The Morgan fingerprint density at radius 1 is 1.11 bits per heavy atom. The number of hydroxylamine groups is 2. The third-order valence-electron chi connectivity index (χ3n) is 5.41. The summed E-state index contributed by atoms with van der Waals surface area (Å²) in [6.45, 7) is 4.39. The van der Waals surface area contributed by atoms with Crippen LogP contribution in [0.2, 0.25) is 0 Å². The molecule has 3 aromatic rings. The van der Waals surface area contributed by atoms with Crippen LogP contribution in [-0.4, -0.2) is 48.7 Å². The highest BCUT2D eigenvalue weighted by Crippen LogP contribution is 2.25. The number of carbonyl (C=O) groups excluding carboxylic acids is 2. The molecule has 1 unspecified atom stereocenters. The molecule has 2 amide bonds. The van der Waals surface area contributed by atoms with Gasteiger partial charge in [0, 0.05) is 25.2 Å². The Bertz CT molecular complexity index is 1190. The minimum atomic E-state index is -0.837. The number of likely N-dealkylation sites (N-methyl/N-ethyl adjacent to an activating group) is 1. The molecule has 0 bridgehead atoms. The van der Waals surface area contributed by atoms with Crippen LogP contribution in [0.1, 0.15) is 35.3 Å². The number of hydrogen-bond donors (Lipinski definition) is 1. The predicted molar refractivity (Wildman–Crippen MR) is 137 cm³/mol. The van der Waals surface area contributed by atoms with Crippen LogP contribution in [0.25, 0.3) is 17.3 Å². The molecule has 3 rings (SSSR count). The molecule has 7 heteroatoms. The first-order valence-corrected chi connectivity index (χ1v) is 11.5. The standard InChI is InChI=1S/C28H31N3O4/c1-5-10-20-11-7-12-21(17-20)18-25(28(33)31(3)34-4)30-27(32)24-15-9-16-29-26(24)22-13-8-14-23(19-22)35-6-2/h5,7-17,19,25H,6,18H2,1-4H3,(H,30,32)/b10-5+. The van der Waals surface area contributed by atoms with E-state index < -0.39 is 11.9 Å². The normalized spacial score (nSPS) is 11.8. The molecule has 2 aromatic carbocycles. The van der Waals surface area contributed by atoms with Gasteiger partial charge in [-0.2, -0.15) is 0 Å². The van der Waals surface area contributed by atoms with Crippen LogP contribution in [-0.2, 0) is 16.1 Å². The van der Waals surface area contributed by atoms with Crippen molar-refractivity contribution in [3.05, 3.63) is 89.6 Å². The smallest absolute Gasteiger partial charge is 0.268 e. The molecule has 0 radical (unpaired) electrons. The van der Waals surface area contributed by atoms with Crippen LogP contribution in [0.5, 0.6) is 5.75 Å². The van der Waals surface area contributed by atoms with Gasteiger partial charge in [0.05, 0.1) is 25.0 Å². The van der Waals surface area contributed by atoms with Gasteiger partial charge in [-0.1, -0.05) is 48.6 Å². The van der Waals surface area contributed by atoms with E-state index >= 15 is 0 Å². The van der Waals surface area contributed by atoms with E-state index in [2.05, 4.69) is 10.3 Å². The molecular weight excluding hydrogens is 442 g/mol. The van der Waals surface area contributed by atoms with Gasteiger partial charge >= 0.3 is 0 Å². The van der Waals surface area contributed by atoms with E-state index in [0.29, 0.717) is 30.0 Å². The molecule has 0 aliphatic carbocycles. The Morgan fingerprint density at radius 3 is 2.66 bits per heavy atom. The van der Waals surface area contributed by atoms with Crippen molar-refractivity contribution in [1.29, 1.82) is 0 Å². The van der Waals surface area contributed by atoms with Gasteiger partial charge in [-0.15, -0.1) is 0 Å². The van der Waals surface area contributed by atoms with E-state index in [1.807, 2.05) is 74.5 Å². The van der Waals surface area contributed by atoms with Crippen LogP contribution in [0, 0.1) is 0 Å². The zero-order valence-electron chi connectivity index (χ0n) is 20.5. The maximum atomic E-state index is 13.4. The number of allylic oxidation sites excluding steroid dienone is 1. The number of carbonyl (C=O) groups is 2. The van der Waals surface area contributed by atoms with E-state index in [1.54, 1.807) is 18.3 Å². The van der Waals surface area contributed by atoms with Gasteiger partial charge < -0.3 is 10.1 Å². The van der Waals surface area contributed by atoms with Crippen molar-refractivity contribution in [2.75, 3.05) is 20.8 Å². The average Bonchev–Trinajstić information content (AvgIpc) is 2.88. The molecule has 35 heavy (non-hydrogen) atoms. The van der Waals surface area contributed by atoms with E-state index in [-0.39, 0.29) is 5.91 Å². The van der Waals surface area contributed by atoms with Crippen LogP contribution >= 0.6 is 0 Å². The summed E-state index contributed by atoms with van der Waals surface area (Å²) in [5.41, 5.74) is 3.55. The molecule has 1 heterocycles. The van der Waals surface area contributed by atoms with Crippen molar-refractivity contribution in [2.45, 2.75) is 26.3 Å². The Kier molecular flexibility index (Phi) is 9.15.